The van der Waals surface area contributed by atoms with E-state index in [0.29, 0.717) is 0 Å². The summed E-state index contributed by atoms with van der Waals surface area (Å²) in [5.41, 5.74) is 2.19. The molecule has 0 saturated carbocycles. The SMILES string of the molecule is CCc1onc2cc(C)ccc12. The van der Waals surface area contributed by atoms with E-state index in [1.54, 1.807) is 0 Å². The Morgan fingerprint density at radius 2 is 2.25 bits per heavy atom. The third-order valence-corrected chi connectivity index (χ3v) is 2.03. The summed E-state index contributed by atoms with van der Waals surface area (Å²) in [6.45, 7) is 4.12. The molecule has 0 fully saturated rings. The van der Waals surface area contributed by atoms with E-state index < -0.39 is 0 Å². The zero-order chi connectivity index (χ0) is 8.55. The Morgan fingerprint density at radius 1 is 1.42 bits per heavy atom. The fraction of sp³-hybridized carbons (Fsp3) is 0.300. The van der Waals surface area contributed by atoms with Gasteiger partial charge in [-0.1, -0.05) is 18.1 Å². The Morgan fingerprint density at radius 3 is 3.00 bits per heavy atom. The van der Waals surface area contributed by atoms with Crippen molar-refractivity contribution in [3.8, 4) is 0 Å². The van der Waals surface area contributed by atoms with E-state index in [4.69, 9.17) is 4.52 Å². The first kappa shape index (κ1) is 7.35. The molecule has 2 nitrogen and oxygen atoms in total. The third-order valence-electron chi connectivity index (χ3n) is 2.03. The number of nitrogens with zero attached hydrogens (tertiary/aromatic N) is 1. The molecule has 0 aliphatic carbocycles. The summed E-state index contributed by atoms with van der Waals surface area (Å²) < 4.78 is 5.17. The van der Waals surface area contributed by atoms with Crippen LogP contribution in [0.4, 0.5) is 0 Å². The molecule has 12 heavy (non-hydrogen) atoms. The molecule has 0 N–H and O–H groups in total. The standard InChI is InChI=1S/C10H11NO/c1-3-10-8-5-4-7(2)6-9(8)11-12-10/h4-6H,3H2,1-2H3. The van der Waals surface area contributed by atoms with Gasteiger partial charge in [0, 0.05) is 11.8 Å². The third kappa shape index (κ3) is 0.998. The van der Waals surface area contributed by atoms with Crippen molar-refractivity contribution >= 4 is 10.9 Å². The second-order valence-corrected chi connectivity index (χ2v) is 2.98. The van der Waals surface area contributed by atoms with Crippen LogP contribution >= 0.6 is 0 Å². The molecule has 0 radical (unpaired) electrons. The van der Waals surface area contributed by atoms with Crippen molar-refractivity contribution in [1.29, 1.82) is 0 Å². The molecule has 0 spiro atoms. The lowest BCUT2D eigenvalue weighted by molar-refractivity contribution is 0.395. The highest BCUT2D eigenvalue weighted by Gasteiger charge is 2.04. The Bertz CT molecular complexity index is 403. The lowest BCUT2D eigenvalue weighted by Gasteiger charge is -1.90. The van der Waals surface area contributed by atoms with E-state index in [-0.39, 0.29) is 0 Å². The molecule has 2 heteroatoms. The zero-order valence-corrected chi connectivity index (χ0v) is 7.29. The van der Waals surface area contributed by atoms with Gasteiger partial charge in [0.2, 0.25) is 0 Å². The average molecular weight is 161 g/mol. The van der Waals surface area contributed by atoms with Gasteiger partial charge in [-0.3, -0.25) is 0 Å². The van der Waals surface area contributed by atoms with Crippen LogP contribution in [-0.2, 0) is 6.42 Å². The van der Waals surface area contributed by atoms with Gasteiger partial charge in [-0.2, -0.15) is 0 Å². The summed E-state index contributed by atoms with van der Waals surface area (Å²) in [6, 6.07) is 6.19. The molecule has 0 aliphatic rings. The highest BCUT2D eigenvalue weighted by Crippen LogP contribution is 2.19. The van der Waals surface area contributed by atoms with Crippen LogP contribution in [0.3, 0.4) is 0 Å². The summed E-state index contributed by atoms with van der Waals surface area (Å²) in [4.78, 5) is 0. The highest BCUT2D eigenvalue weighted by molar-refractivity contribution is 5.80. The number of rotatable bonds is 1. The number of benzene rings is 1. The molecule has 0 bridgehead atoms. The predicted molar refractivity (Wildman–Crippen MR) is 48.1 cm³/mol. The molecule has 1 aromatic heterocycles. The van der Waals surface area contributed by atoms with E-state index in [9.17, 15) is 0 Å². The van der Waals surface area contributed by atoms with Crippen molar-refractivity contribution in [3.63, 3.8) is 0 Å². The summed E-state index contributed by atoms with van der Waals surface area (Å²) >= 11 is 0. The molecule has 0 atom stereocenters. The van der Waals surface area contributed by atoms with Crippen molar-refractivity contribution in [3.05, 3.63) is 29.5 Å². The molecule has 0 aliphatic heterocycles. The maximum absolute atomic E-state index is 5.17. The lowest BCUT2D eigenvalue weighted by atomic mass is 10.1. The normalized spacial score (nSPS) is 10.8. The number of fused-ring (bicyclic) bond motifs is 1. The van der Waals surface area contributed by atoms with E-state index in [2.05, 4.69) is 31.1 Å². The van der Waals surface area contributed by atoms with Gasteiger partial charge in [-0.25, -0.2) is 0 Å². The molecule has 62 valence electrons. The van der Waals surface area contributed by atoms with Crippen molar-refractivity contribution in [2.45, 2.75) is 20.3 Å². The van der Waals surface area contributed by atoms with Gasteiger partial charge in [-0.05, 0) is 24.6 Å². The van der Waals surface area contributed by atoms with Crippen LogP contribution < -0.4 is 0 Å². The van der Waals surface area contributed by atoms with Crippen molar-refractivity contribution in [1.82, 2.24) is 5.16 Å². The van der Waals surface area contributed by atoms with Crippen LogP contribution in [0.2, 0.25) is 0 Å². The minimum atomic E-state index is 0.902. The fourth-order valence-corrected chi connectivity index (χ4v) is 1.36. The summed E-state index contributed by atoms with van der Waals surface area (Å²) in [6.07, 6.45) is 0.902. The quantitative estimate of drug-likeness (QED) is 0.642. The molecule has 0 amide bonds. The number of aryl methyl sites for hydroxylation is 2. The average Bonchev–Trinajstić information content (AvgIpc) is 2.46. The molecule has 0 saturated heterocycles. The first-order valence-electron chi connectivity index (χ1n) is 4.16. The zero-order valence-electron chi connectivity index (χ0n) is 7.29. The predicted octanol–water partition coefficient (Wildman–Crippen LogP) is 2.70. The second kappa shape index (κ2) is 2.63. The van der Waals surface area contributed by atoms with E-state index >= 15 is 0 Å². The number of aromatic nitrogens is 1. The van der Waals surface area contributed by atoms with Crippen LogP contribution in [0, 0.1) is 6.92 Å². The van der Waals surface area contributed by atoms with Crippen LogP contribution in [-0.4, -0.2) is 5.16 Å². The lowest BCUT2D eigenvalue weighted by Crippen LogP contribution is -1.75. The first-order chi connectivity index (χ1) is 5.81. The minimum absolute atomic E-state index is 0.902. The molecular formula is C10H11NO. The van der Waals surface area contributed by atoms with E-state index in [1.807, 2.05) is 6.07 Å². The van der Waals surface area contributed by atoms with Crippen LogP contribution in [0.5, 0.6) is 0 Å². The van der Waals surface area contributed by atoms with Gasteiger partial charge in [0.15, 0.2) is 0 Å². The van der Waals surface area contributed by atoms with Gasteiger partial charge in [-0.15, -0.1) is 0 Å². The molecule has 0 unspecified atom stereocenters. The highest BCUT2D eigenvalue weighted by atomic mass is 16.5. The second-order valence-electron chi connectivity index (χ2n) is 2.98. The monoisotopic (exact) mass is 161 g/mol. The maximum Gasteiger partial charge on any atom is 0.144 e. The Balaban J connectivity index is 2.73. The summed E-state index contributed by atoms with van der Waals surface area (Å²) in [7, 11) is 0. The fourth-order valence-electron chi connectivity index (χ4n) is 1.36. The molecule has 2 aromatic rings. The van der Waals surface area contributed by atoms with Gasteiger partial charge in [0.1, 0.15) is 11.3 Å². The molecule has 2 rings (SSSR count). The van der Waals surface area contributed by atoms with Gasteiger partial charge < -0.3 is 4.52 Å². The molecule has 1 heterocycles. The smallest absolute Gasteiger partial charge is 0.144 e. The van der Waals surface area contributed by atoms with Gasteiger partial charge >= 0.3 is 0 Å². The van der Waals surface area contributed by atoms with Crippen LogP contribution in [0.25, 0.3) is 10.9 Å². The van der Waals surface area contributed by atoms with E-state index in [1.165, 1.54) is 5.56 Å². The maximum atomic E-state index is 5.17. The Hall–Kier alpha value is -1.31. The topological polar surface area (TPSA) is 26.0 Å². The summed E-state index contributed by atoms with van der Waals surface area (Å²) in [5.74, 6) is 0.977. The van der Waals surface area contributed by atoms with Crippen LogP contribution in [0.1, 0.15) is 18.2 Å². The summed E-state index contributed by atoms with van der Waals surface area (Å²) in [5, 5.41) is 5.12. The van der Waals surface area contributed by atoms with E-state index in [0.717, 1.165) is 23.1 Å². The van der Waals surface area contributed by atoms with Gasteiger partial charge in [0.05, 0.1) is 0 Å². The Kier molecular flexibility index (Phi) is 1.61. The first-order valence-corrected chi connectivity index (χ1v) is 4.16. The number of hydrogen-bond donors (Lipinski definition) is 0. The minimum Gasteiger partial charge on any atom is -0.360 e. The van der Waals surface area contributed by atoms with Crippen molar-refractivity contribution in [2.75, 3.05) is 0 Å². The largest absolute Gasteiger partial charge is 0.360 e. The number of hydrogen-bond acceptors (Lipinski definition) is 2. The molecule has 1 aromatic carbocycles. The Labute approximate surface area is 71.2 Å². The van der Waals surface area contributed by atoms with Crippen LogP contribution in [0.15, 0.2) is 22.7 Å². The van der Waals surface area contributed by atoms with Crippen molar-refractivity contribution < 1.29 is 4.52 Å². The van der Waals surface area contributed by atoms with Gasteiger partial charge in [0.25, 0.3) is 0 Å². The van der Waals surface area contributed by atoms with Crippen molar-refractivity contribution in [2.24, 2.45) is 0 Å². The molecular weight excluding hydrogens is 150 g/mol.